The summed E-state index contributed by atoms with van der Waals surface area (Å²) in [6, 6.07) is 29.5. The zero-order valence-corrected chi connectivity index (χ0v) is 19.4. The Hall–Kier alpha value is -4.12. The van der Waals surface area contributed by atoms with E-state index >= 15 is 0 Å². The Morgan fingerprint density at radius 1 is 0.853 bits per heavy atom. The van der Waals surface area contributed by atoms with Crippen molar-refractivity contribution in [1.82, 2.24) is 10.3 Å². The lowest BCUT2D eigenvalue weighted by atomic mass is 9.76. The molecule has 0 saturated carbocycles. The minimum Gasteiger partial charge on any atom is -0.493 e. The first-order chi connectivity index (χ1) is 16.6. The summed E-state index contributed by atoms with van der Waals surface area (Å²) in [5.74, 6) is 0.916. The molecule has 1 N–H and O–H groups in total. The average molecular weight is 453 g/mol. The van der Waals surface area contributed by atoms with E-state index in [0.717, 1.165) is 16.7 Å². The number of pyridine rings is 1. The van der Waals surface area contributed by atoms with Crippen LogP contribution >= 0.6 is 0 Å². The lowest BCUT2D eigenvalue weighted by Crippen LogP contribution is -2.39. The van der Waals surface area contributed by atoms with Crippen molar-refractivity contribution in [1.29, 1.82) is 0 Å². The summed E-state index contributed by atoms with van der Waals surface area (Å²) in [5.41, 5.74) is 3.38. The predicted octanol–water partition coefficient (Wildman–Crippen LogP) is 5.41. The molecule has 5 heteroatoms. The van der Waals surface area contributed by atoms with Gasteiger partial charge in [0.25, 0.3) is 5.91 Å². The SMILES string of the molecule is COc1ccc(C(=O)NCC(C)(c2ccccc2)c2ccccc2)cc1OCc1ccncc1. The van der Waals surface area contributed by atoms with Crippen molar-refractivity contribution < 1.29 is 14.3 Å². The van der Waals surface area contributed by atoms with Crippen LogP contribution in [0.25, 0.3) is 0 Å². The van der Waals surface area contributed by atoms with E-state index in [1.165, 1.54) is 0 Å². The van der Waals surface area contributed by atoms with Crippen LogP contribution in [0.4, 0.5) is 0 Å². The molecule has 34 heavy (non-hydrogen) atoms. The number of amides is 1. The molecule has 0 unspecified atom stereocenters. The molecule has 0 spiro atoms. The molecule has 5 nitrogen and oxygen atoms in total. The molecule has 0 atom stereocenters. The number of benzene rings is 3. The number of carbonyl (C=O) groups excluding carboxylic acids is 1. The van der Waals surface area contributed by atoms with Crippen molar-refractivity contribution in [3.63, 3.8) is 0 Å². The van der Waals surface area contributed by atoms with Crippen LogP contribution in [0.5, 0.6) is 11.5 Å². The number of nitrogens with one attached hydrogen (secondary N) is 1. The number of rotatable bonds is 9. The summed E-state index contributed by atoms with van der Waals surface area (Å²) in [6.07, 6.45) is 3.44. The van der Waals surface area contributed by atoms with E-state index in [0.29, 0.717) is 30.2 Å². The number of methoxy groups -OCH3 is 1. The lowest BCUT2D eigenvalue weighted by molar-refractivity contribution is 0.0946. The van der Waals surface area contributed by atoms with E-state index in [1.807, 2.05) is 48.5 Å². The summed E-state index contributed by atoms with van der Waals surface area (Å²) in [6.45, 7) is 2.94. The summed E-state index contributed by atoms with van der Waals surface area (Å²) in [5, 5.41) is 3.13. The highest BCUT2D eigenvalue weighted by Crippen LogP contribution is 2.32. The Kier molecular flexibility index (Phi) is 7.23. The van der Waals surface area contributed by atoms with Crippen LogP contribution in [0.1, 0.15) is 34.0 Å². The van der Waals surface area contributed by atoms with Gasteiger partial charge in [-0.2, -0.15) is 0 Å². The molecular weight excluding hydrogens is 424 g/mol. The summed E-state index contributed by atoms with van der Waals surface area (Å²) >= 11 is 0. The molecule has 0 aliphatic heterocycles. The van der Waals surface area contributed by atoms with E-state index in [2.05, 4.69) is 41.5 Å². The molecule has 0 saturated heterocycles. The van der Waals surface area contributed by atoms with Crippen LogP contribution in [-0.4, -0.2) is 24.5 Å². The van der Waals surface area contributed by atoms with E-state index in [9.17, 15) is 4.79 Å². The van der Waals surface area contributed by atoms with Gasteiger partial charge in [-0.25, -0.2) is 0 Å². The zero-order chi connectivity index (χ0) is 23.8. The van der Waals surface area contributed by atoms with Crippen molar-refractivity contribution >= 4 is 5.91 Å². The summed E-state index contributed by atoms with van der Waals surface area (Å²) in [7, 11) is 1.58. The second-order valence-corrected chi connectivity index (χ2v) is 8.26. The third-order valence-corrected chi connectivity index (χ3v) is 5.99. The second-order valence-electron chi connectivity index (χ2n) is 8.26. The molecule has 4 rings (SSSR count). The largest absolute Gasteiger partial charge is 0.493 e. The first-order valence-corrected chi connectivity index (χ1v) is 11.2. The monoisotopic (exact) mass is 452 g/mol. The highest BCUT2D eigenvalue weighted by atomic mass is 16.5. The van der Waals surface area contributed by atoms with Crippen molar-refractivity contribution in [2.75, 3.05) is 13.7 Å². The van der Waals surface area contributed by atoms with E-state index in [4.69, 9.17) is 9.47 Å². The maximum absolute atomic E-state index is 13.2. The third kappa shape index (κ3) is 5.26. The molecule has 3 aromatic carbocycles. The van der Waals surface area contributed by atoms with Crippen LogP contribution in [0, 0.1) is 0 Å². The average Bonchev–Trinajstić information content (AvgIpc) is 2.91. The lowest BCUT2D eigenvalue weighted by Gasteiger charge is -2.31. The van der Waals surface area contributed by atoms with Crippen molar-refractivity contribution in [3.8, 4) is 11.5 Å². The molecule has 0 aliphatic carbocycles. The van der Waals surface area contributed by atoms with Gasteiger partial charge in [-0.15, -0.1) is 0 Å². The molecule has 1 aromatic heterocycles. The van der Waals surface area contributed by atoms with Gasteiger partial charge in [0.15, 0.2) is 11.5 Å². The fourth-order valence-corrected chi connectivity index (χ4v) is 3.91. The number of aromatic nitrogens is 1. The van der Waals surface area contributed by atoms with Crippen molar-refractivity contribution in [2.24, 2.45) is 0 Å². The Balaban J connectivity index is 1.53. The molecule has 0 fully saturated rings. The van der Waals surface area contributed by atoms with Gasteiger partial charge in [0.1, 0.15) is 6.61 Å². The molecule has 4 aromatic rings. The molecule has 1 heterocycles. The van der Waals surface area contributed by atoms with Crippen LogP contribution in [0.15, 0.2) is 103 Å². The van der Waals surface area contributed by atoms with E-state index in [1.54, 1.807) is 37.7 Å². The first-order valence-electron chi connectivity index (χ1n) is 11.2. The van der Waals surface area contributed by atoms with Gasteiger partial charge in [0.05, 0.1) is 7.11 Å². The first kappa shape index (κ1) is 23.1. The Bertz CT molecular complexity index is 1170. The van der Waals surface area contributed by atoms with Crippen molar-refractivity contribution in [3.05, 3.63) is 126 Å². The molecular formula is C29H28N2O3. The zero-order valence-electron chi connectivity index (χ0n) is 19.4. The minimum absolute atomic E-state index is 0.172. The van der Waals surface area contributed by atoms with Crippen LogP contribution in [-0.2, 0) is 12.0 Å². The van der Waals surface area contributed by atoms with Gasteiger partial charge in [0, 0.05) is 29.9 Å². The fraction of sp³-hybridized carbons (Fsp3) is 0.172. The maximum atomic E-state index is 13.2. The molecule has 0 aliphatic rings. The van der Waals surface area contributed by atoms with Gasteiger partial charge < -0.3 is 14.8 Å². The normalized spacial score (nSPS) is 11.0. The molecule has 172 valence electrons. The number of hydrogen-bond acceptors (Lipinski definition) is 4. The Labute approximate surface area is 200 Å². The molecule has 0 radical (unpaired) electrons. The van der Waals surface area contributed by atoms with E-state index < -0.39 is 0 Å². The quantitative estimate of drug-likeness (QED) is 0.369. The van der Waals surface area contributed by atoms with E-state index in [-0.39, 0.29) is 11.3 Å². The highest BCUT2D eigenvalue weighted by molar-refractivity contribution is 5.95. The number of ether oxygens (including phenoxy) is 2. The Morgan fingerprint density at radius 2 is 1.47 bits per heavy atom. The molecule has 0 bridgehead atoms. The summed E-state index contributed by atoms with van der Waals surface area (Å²) < 4.78 is 11.4. The Morgan fingerprint density at radius 3 is 2.06 bits per heavy atom. The number of hydrogen-bond donors (Lipinski definition) is 1. The molecule has 1 amide bonds. The van der Waals surface area contributed by atoms with Gasteiger partial charge in [-0.1, -0.05) is 60.7 Å². The van der Waals surface area contributed by atoms with Crippen LogP contribution in [0.2, 0.25) is 0 Å². The van der Waals surface area contributed by atoms with Gasteiger partial charge in [-0.05, 0) is 53.9 Å². The van der Waals surface area contributed by atoms with Crippen LogP contribution in [0.3, 0.4) is 0 Å². The number of carbonyl (C=O) groups is 1. The smallest absolute Gasteiger partial charge is 0.251 e. The predicted molar refractivity (Wildman–Crippen MR) is 133 cm³/mol. The summed E-state index contributed by atoms with van der Waals surface area (Å²) in [4.78, 5) is 17.2. The highest BCUT2D eigenvalue weighted by Gasteiger charge is 2.29. The topological polar surface area (TPSA) is 60.5 Å². The standard InChI is InChI=1S/C29H28N2O3/c1-29(24-9-5-3-6-10-24,25-11-7-4-8-12-25)21-31-28(32)23-13-14-26(33-2)27(19-23)34-20-22-15-17-30-18-16-22/h3-19H,20-21H2,1-2H3,(H,31,32). The van der Waals surface area contributed by atoms with Gasteiger partial charge in [-0.3, -0.25) is 9.78 Å². The van der Waals surface area contributed by atoms with Gasteiger partial charge >= 0.3 is 0 Å². The second kappa shape index (κ2) is 10.7. The number of nitrogens with zero attached hydrogens (tertiary/aromatic N) is 1. The minimum atomic E-state index is -0.384. The van der Waals surface area contributed by atoms with Crippen LogP contribution < -0.4 is 14.8 Å². The maximum Gasteiger partial charge on any atom is 0.251 e. The van der Waals surface area contributed by atoms with Crippen molar-refractivity contribution in [2.45, 2.75) is 18.9 Å². The van der Waals surface area contributed by atoms with Gasteiger partial charge in [0.2, 0.25) is 0 Å². The third-order valence-electron chi connectivity index (χ3n) is 5.99. The fourth-order valence-electron chi connectivity index (χ4n) is 3.91.